The Labute approximate surface area is 164 Å². The van der Waals surface area contributed by atoms with Crippen molar-refractivity contribution in [3.05, 3.63) is 28.2 Å². The zero-order chi connectivity index (χ0) is 18.9. The fraction of sp³-hybridized carbons (Fsp3) is 0.588. The molecule has 2 aliphatic heterocycles. The van der Waals surface area contributed by atoms with Crippen LogP contribution in [-0.2, 0) is 14.8 Å². The van der Waals surface area contributed by atoms with Crippen molar-refractivity contribution >= 4 is 39.1 Å². The number of halogens is 2. The monoisotopic (exact) mass is 419 g/mol. The molecule has 1 aromatic carbocycles. The average molecular weight is 420 g/mol. The predicted octanol–water partition coefficient (Wildman–Crippen LogP) is 2.31. The van der Waals surface area contributed by atoms with Gasteiger partial charge in [0.15, 0.2) is 0 Å². The van der Waals surface area contributed by atoms with Crippen LogP contribution in [0.3, 0.4) is 0 Å². The van der Waals surface area contributed by atoms with Crippen molar-refractivity contribution in [2.45, 2.75) is 30.7 Å². The topological polar surface area (TPSA) is 60.9 Å². The molecule has 1 amide bonds. The van der Waals surface area contributed by atoms with Gasteiger partial charge in [-0.15, -0.1) is 0 Å². The second-order valence-corrected chi connectivity index (χ2v) is 9.48. The van der Waals surface area contributed by atoms with Gasteiger partial charge in [0.05, 0.1) is 21.0 Å². The van der Waals surface area contributed by atoms with E-state index in [4.69, 9.17) is 23.2 Å². The van der Waals surface area contributed by atoms with E-state index in [1.807, 2.05) is 11.8 Å². The van der Waals surface area contributed by atoms with Crippen LogP contribution in [0, 0.1) is 0 Å². The van der Waals surface area contributed by atoms with E-state index >= 15 is 0 Å². The average Bonchev–Trinajstić information content (AvgIpc) is 3.17. The third kappa shape index (κ3) is 4.02. The molecule has 0 aliphatic carbocycles. The Morgan fingerprint density at radius 2 is 1.62 bits per heavy atom. The zero-order valence-corrected chi connectivity index (χ0v) is 17.0. The lowest BCUT2D eigenvalue weighted by Crippen LogP contribution is -2.55. The molecule has 9 heteroatoms. The van der Waals surface area contributed by atoms with E-state index in [-0.39, 0.29) is 21.9 Å². The molecule has 0 saturated carbocycles. The molecule has 2 aliphatic rings. The Morgan fingerprint density at radius 3 is 2.19 bits per heavy atom. The van der Waals surface area contributed by atoms with Gasteiger partial charge >= 0.3 is 0 Å². The summed E-state index contributed by atoms with van der Waals surface area (Å²) in [4.78, 5) is 16.6. The fourth-order valence-electron chi connectivity index (χ4n) is 3.48. The third-order valence-corrected chi connectivity index (χ3v) is 7.76. The van der Waals surface area contributed by atoms with Gasteiger partial charge in [-0.3, -0.25) is 9.69 Å². The van der Waals surface area contributed by atoms with Crippen molar-refractivity contribution in [3.8, 4) is 0 Å². The molecule has 0 N–H and O–H groups in total. The number of benzene rings is 1. The molecule has 2 saturated heterocycles. The van der Waals surface area contributed by atoms with Crippen LogP contribution in [0.5, 0.6) is 0 Å². The van der Waals surface area contributed by atoms with Gasteiger partial charge in [-0.2, -0.15) is 4.31 Å². The van der Waals surface area contributed by atoms with Gasteiger partial charge in [-0.05, 0) is 38.0 Å². The fourth-order valence-corrected chi connectivity index (χ4v) is 5.29. The van der Waals surface area contributed by atoms with Crippen molar-refractivity contribution < 1.29 is 13.2 Å². The maximum absolute atomic E-state index is 12.8. The molecule has 0 radical (unpaired) electrons. The van der Waals surface area contributed by atoms with E-state index in [9.17, 15) is 13.2 Å². The van der Waals surface area contributed by atoms with Crippen LogP contribution in [0.1, 0.15) is 19.8 Å². The number of sulfonamides is 1. The molecule has 0 aromatic heterocycles. The second kappa shape index (κ2) is 8.02. The lowest BCUT2D eigenvalue weighted by molar-refractivity contribution is -0.135. The largest absolute Gasteiger partial charge is 0.341 e. The molecular formula is C17H23Cl2N3O3S. The summed E-state index contributed by atoms with van der Waals surface area (Å²) in [5.41, 5.74) is 0. The van der Waals surface area contributed by atoms with Crippen LogP contribution in [0.4, 0.5) is 0 Å². The molecule has 3 rings (SSSR count). The van der Waals surface area contributed by atoms with Gasteiger partial charge in [-0.25, -0.2) is 8.42 Å². The van der Waals surface area contributed by atoms with E-state index in [1.165, 1.54) is 22.5 Å². The van der Waals surface area contributed by atoms with Crippen LogP contribution in [0.15, 0.2) is 23.1 Å². The maximum Gasteiger partial charge on any atom is 0.243 e. The second-order valence-electron chi connectivity index (χ2n) is 6.72. The van der Waals surface area contributed by atoms with E-state index in [0.717, 1.165) is 25.9 Å². The number of hydrogen-bond acceptors (Lipinski definition) is 4. The maximum atomic E-state index is 12.8. The lowest BCUT2D eigenvalue weighted by atomic mass is 10.2. The highest BCUT2D eigenvalue weighted by molar-refractivity contribution is 7.89. The van der Waals surface area contributed by atoms with Crippen molar-refractivity contribution in [2.75, 3.05) is 39.3 Å². The SMILES string of the molecule is C[C@@H](C(=O)N1CCCC1)N1CCN(S(=O)(=O)c2ccc(Cl)c(Cl)c2)CC1. The molecule has 1 aromatic rings. The van der Waals surface area contributed by atoms with Gasteiger partial charge < -0.3 is 4.90 Å². The first-order chi connectivity index (χ1) is 12.3. The molecular weight excluding hydrogens is 397 g/mol. The van der Waals surface area contributed by atoms with E-state index in [2.05, 4.69) is 4.90 Å². The van der Waals surface area contributed by atoms with Crippen LogP contribution in [0.2, 0.25) is 10.0 Å². The molecule has 6 nitrogen and oxygen atoms in total. The van der Waals surface area contributed by atoms with Crippen LogP contribution in [-0.4, -0.2) is 73.7 Å². The highest BCUT2D eigenvalue weighted by atomic mass is 35.5. The summed E-state index contributed by atoms with van der Waals surface area (Å²) in [6.07, 6.45) is 2.13. The van der Waals surface area contributed by atoms with Gasteiger partial charge in [0.25, 0.3) is 0 Å². The summed E-state index contributed by atoms with van der Waals surface area (Å²) in [7, 11) is -3.62. The highest BCUT2D eigenvalue weighted by Gasteiger charge is 2.33. The molecule has 0 spiro atoms. The minimum Gasteiger partial charge on any atom is -0.341 e. The summed E-state index contributed by atoms with van der Waals surface area (Å²) >= 11 is 11.8. The van der Waals surface area contributed by atoms with Gasteiger partial charge in [0.1, 0.15) is 0 Å². The molecule has 2 heterocycles. The van der Waals surface area contributed by atoms with Crippen molar-refractivity contribution in [2.24, 2.45) is 0 Å². The van der Waals surface area contributed by atoms with Crippen molar-refractivity contribution in [1.29, 1.82) is 0 Å². The Hall–Kier alpha value is -0.860. The number of likely N-dealkylation sites (tertiary alicyclic amines) is 1. The minimum absolute atomic E-state index is 0.140. The Balaban J connectivity index is 1.63. The van der Waals surface area contributed by atoms with Crippen LogP contribution in [0.25, 0.3) is 0 Å². The van der Waals surface area contributed by atoms with E-state index in [0.29, 0.717) is 31.2 Å². The summed E-state index contributed by atoms with van der Waals surface area (Å²) in [5, 5.41) is 0.542. The number of carbonyl (C=O) groups is 1. The van der Waals surface area contributed by atoms with Gasteiger partial charge in [0, 0.05) is 39.3 Å². The van der Waals surface area contributed by atoms with Crippen molar-refractivity contribution in [3.63, 3.8) is 0 Å². The number of nitrogens with zero attached hydrogens (tertiary/aromatic N) is 3. The van der Waals surface area contributed by atoms with E-state index < -0.39 is 10.0 Å². The quantitative estimate of drug-likeness (QED) is 0.750. The Bertz CT molecular complexity index is 773. The number of hydrogen-bond donors (Lipinski definition) is 0. The minimum atomic E-state index is -3.62. The Kier molecular flexibility index (Phi) is 6.14. The first kappa shape index (κ1) is 19.9. The molecule has 26 heavy (non-hydrogen) atoms. The van der Waals surface area contributed by atoms with Crippen LogP contribution >= 0.6 is 23.2 Å². The number of rotatable bonds is 4. The smallest absolute Gasteiger partial charge is 0.243 e. The summed E-state index contributed by atoms with van der Waals surface area (Å²) in [6, 6.07) is 4.12. The normalized spacial score (nSPS) is 21.1. The predicted molar refractivity (Wildman–Crippen MR) is 102 cm³/mol. The zero-order valence-electron chi connectivity index (χ0n) is 14.7. The van der Waals surface area contributed by atoms with Gasteiger partial charge in [0.2, 0.25) is 15.9 Å². The Morgan fingerprint density at radius 1 is 1.00 bits per heavy atom. The number of amides is 1. The third-order valence-electron chi connectivity index (χ3n) is 5.12. The number of carbonyl (C=O) groups excluding carboxylic acids is 1. The first-order valence-electron chi connectivity index (χ1n) is 8.79. The molecule has 1 atom stereocenters. The van der Waals surface area contributed by atoms with Gasteiger partial charge in [-0.1, -0.05) is 23.2 Å². The lowest BCUT2D eigenvalue weighted by Gasteiger charge is -2.37. The van der Waals surface area contributed by atoms with E-state index in [1.54, 1.807) is 0 Å². The first-order valence-corrected chi connectivity index (χ1v) is 11.0. The van der Waals surface area contributed by atoms with Crippen LogP contribution < -0.4 is 0 Å². The molecule has 0 bridgehead atoms. The molecule has 144 valence electrons. The molecule has 0 unspecified atom stereocenters. The summed E-state index contributed by atoms with van der Waals surface area (Å²) in [6.45, 7) is 5.32. The molecule has 2 fully saturated rings. The summed E-state index contributed by atoms with van der Waals surface area (Å²) < 4.78 is 27.0. The highest BCUT2D eigenvalue weighted by Crippen LogP contribution is 2.27. The standard InChI is InChI=1S/C17H23Cl2N3O3S/c1-13(17(23)21-6-2-3-7-21)20-8-10-22(11-9-20)26(24,25)14-4-5-15(18)16(19)12-14/h4-5,12-13H,2-3,6-11H2,1H3/t13-/m0/s1. The van der Waals surface area contributed by atoms with Crippen molar-refractivity contribution in [1.82, 2.24) is 14.1 Å². The number of piperazine rings is 1. The summed E-state index contributed by atoms with van der Waals surface area (Å²) in [5.74, 6) is 0.142.